The summed E-state index contributed by atoms with van der Waals surface area (Å²) in [6.07, 6.45) is 7.03. The van der Waals surface area contributed by atoms with Gasteiger partial charge in [0.05, 0.1) is 6.04 Å². The highest BCUT2D eigenvalue weighted by molar-refractivity contribution is 7.99. The molecular formula is C23H27N7S2. The molecule has 7 nitrogen and oxygen atoms in total. The number of anilines is 2. The average Bonchev–Trinajstić information content (AvgIpc) is 2.80. The molecule has 0 saturated carbocycles. The van der Waals surface area contributed by atoms with Gasteiger partial charge in [-0.2, -0.15) is 4.98 Å². The van der Waals surface area contributed by atoms with E-state index in [0.717, 1.165) is 35.8 Å². The van der Waals surface area contributed by atoms with Crippen molar-refractivity contribution in [2.24, 2.45) is 0 Å². The molecule has 0 radical (unpaired) electrons. The molecule has 1 saturated heterocycles. The maximum Gasteiger partial charge on any atom is 0.232 e. The molecule has 2 N–H and O–H groups in total. The van der Waals surface area contributed by atoms with E-state index in [1.54, 1.807) is 18.5 Å². The van der Waals surface area contributed by atoms with E-state index >= 15 is 0 Å². The van der Waals surface area contributed by atoms with Crippen molar-refractivity contribution in [3.05, 3.63) is 60.4 Å². The van der Waals surface area contributed by atoms with Gasteiger partial charge in [-0.05, 0) is 68.7 Å². The minimum Gasteiger partial charge on any atom is -0.356 e. The Kier molecular flexibility index (Phi) is 7.49. The summed E-state index contributed by atoms with van der Waals surface area (Å²) in [5.74, 6) is 1.36. The van der Waals surface area contributed by atoms with Crippen LogP contribution in [0, 0.1) is 0 Å². The second-order valence-corrected chi connectivity index (χ2v) is 9.19. The molecule has 2 atom stereocenters. The van der Waals surface area contributed by atoms with Crippen molar-refractivity contribution in [2.75, 3.05) is 16.8 Å². The van der Waals surface area contributed by atoms with Gasteiger partial charge in [-0.3, -0.25) is 0 Å². The Morgan fingerprint density at radius 1 is 1.12 bits per heavy atom. The topological polar surface area (TPSA) is 78.9 Å². The third-order valence-electron chi connectivity index (χ3n) is 5.40. The fourth-order valence-corrected chi connectivity index (χ4v) is 4.68. The van der Waals surface area contributed by atoms with Gasteiger partial charge in [-0.1, -0.05) is 30.3 Å². The number of piperidine rings is 1. The zero-order valence-corrected chi connectivity index (χ0v) is 19.9. The van der Waals surface area contributed by atoms with E-state index in [-0.39, 0.29) is 6.04 Å². The molecule has 2 aromatic heterocycles. The number of thiocarbonyl (C=S) groups is 1. The Morgan fingerprint density at radius 2 is 1.91 bits per heavy atom. The molecule has 3 aromatic rings. The lowest BCUT2D eigenvalue weighted by molar-refractivity contribution is 0.480. The van der Waals surface area contributed by atoms with E-state index in [9.17, 15) is 0 Å². The fraction of sp³-hybridized carbons (Fsp3) is 0.348. The van der Waals surface area contributed by atoms with Gasteiger partial charge in [0.15, 0.2) is 10.3 Å². The van der Waals surface area contributed by atoms with Crippen LogP contribution in [0.2, 0.25) is 0 Å². The van der Waals surface area contributed by atoms with E-state index in [0.29, 0.717) is 22.3 Å². The van der Waals surface area contributed by atoms with Crippen LogP contribution in [0.5, 0.6) is 0 Å². The number of hydrogen-bond acceptors (Lipinski definition) is 7. The lowest BCUT2D eigenvalue weighted by Crippen LogP contribution is -2.38. The van der Waals surface area contributed by atoms with Gasteiger partial charge in [0.25, 0.3) is 0 Å². The van der Waals surface area contributed by atoms with Crippen molar-refractivity contribution in [3.8, 4) is 0 Å². The van der Waals surface area contributed by atoms with Crippen LogP contribution >= 0.6 is 24.0 Å². The first-order valence-corrected chi connectivity index (χ1v) is 12.0. The summed E-state index contributed by atoms with van der Waals surface area (Å²) >= 11 is 6.98. The zero-order chi connectivity index (χ0) is 22.3. The van der Waals surface area contributed by atoms with E-state index in [4.69, 9.17) is 17.2 Å². The molecule has 1 aliphatic rings. The molecule has 0 unspecified atom stereocenters. The minimum absolute atomic E-state index is 0.0630. The quantitative estimate of drug-likeness (QED) is 0.302. The Hall–Kier alpha value is -2.78. The summed E-state index contributed by atoms with van der Waals surface area (Å²) in [7, 11) is 0. The number of nitrogens with zero attached hydrogens (tertiary/aromatic N) is 5. The molecule has 0 spiro atoms. The van der Waals surface area contributed by atoms with Gasteiger partial charge >= 0.3 is 0 Å². The predicted molar refractivity (Wildman–Crippen MR) is 133 cm³/mol. The Bertz CT molecular complexity index is 1030. The summed E-state index contributed by atoms with van der Waals surface area (Å²) in [6, 6.07) is 14.5. The average molecular weight is 466 g/mol. The third-order valence-corrected chi connectivity index (χ3v) is 6.43. The molecule has 0 bridgehead atoms. The van der Waals surface area contributed by atoms with Crippen LogP contribution in [0.1, 0.15) is 44.7 Å². The Balaban J connectivity index is 1.54. The van der Waals surface area contributed by atoms with Crippen LogP contribution in [-0.2, 0) is 0 Å². The second kappa shape index (κ2) is 10.7. The largest absolute Gasteiger partial charge is 0.356 e. The van der Waals surface area contributed by atoms with Crippen LogP contribution in [0.15, 0.2) is 65.0 Å². The molecule has 1 aliphatic heterocycles. The normalized spacial score (nSPS) is 16.9. The van der Waals surface area contributed by atoms with E-state index in [1.165, 1.54) is 18.2 Å². The van der Waals surface area contributed by atoms with Crippen molar-refractivity contribution in [2.45, 2.75) is 55.4 Å². The SMILES string of the molecule is C[C@@H](NC(=S)Nc1nc(Sc2ncccn2)cc(N2CCCC[C@@H]2C)n1)c1ccccc1. The first-order chi connectivity index (χ1) is 15.6. The minimum atomic E-state index is 0.0630. The van der Waals surface area contributed by atoms with Crippen molar-refractivity contribution >= 4 is 40.9 Å². The molecule has 9 heteroatoms. The van der Waals surface area contributed by atoms with Gasteiger partial charge in [0.2, 0.25) is 5.95 Å². The van der Waals surface area contributed by atoms with Crippen molar-refractivity contribution in [1.29, 1.82) is 0 Å². The lowest BCUT2D eigenvalue weighted by Gasteiger charge is -2.34. The fourth-order valence-electron chi connectivity index (χ4n) is 3.70. The van der Waals surface area contributed by atoms with Crippen LogP contribution in [0.25, 0.3) is 0 Å². The molecular weight excluding hydrogens is 438 g/mol. The lowest BCUT2D eigenvalue weighted by atomic mass is 10.0. The summed E-state index contributed by atoms with van der Waals surface area (Å²) in [6.45, 7) is 5.30. The van der Waals surface area contributed by atoms with Gasteiger partial charge in [-0.15, -0.1) is 0 Å². The molecule has 4 rings (SSSR count). The number of aromatic nitrogens is 4. The van der Waals surface area contributed by atoms with E-state index in [2.05, 4.69) is 56.5 Å². The Labute approximate surface area is 198 Å². The van der Waals surface area contributed by atoms with Crippen molar-refractivity contribution in [3.63, 3.8) is 0 Å². The predicted octanol–water partition coefficient (Wildman–Crippen LogP) is 4.84. The monoisotopic (exact) mass is 465 g/mol. The smallest absolute Gasteiger partial charge is 0.232 e. The maximum atomic E-state index is 5.56. The van der Waals surface area contributed by atoms with Crippen LogP contribution in [0.4, 0.5) is 11.8 Å². The van der Waals surface area contributed by atoms with Gasteiger partial charge in [0.1, 0.15) is 10.8 Å². The Morgan fingerprint density at radius 3 is 2.66 bits per heavy atom. The van der Waals surface area contributed by atoms with Crippen molar-refractivity contribution in [1.82, 2.24) is 25.3 Å². The van der Waals surface area contributed by atoms with Gasteiger partial charge in [0, 0.05) is 31.0 Å². The van der Waals surface area contributed by atoms with E-state index in [1.807, 2.05) is 24.3 Å². The third kappa shape index (κ3) is 5.92. The first kappa shape index (κ1) is 22.4. The summed E-state index contributed by atoms with van der Waals surface area (Å²) in [5, 5.41) is 8.41. The zero-order valence-electron chi connectivity index (χ0n) is 18.2. The molecule has 3 heterocycles. The standard InChI is InChI=1S/C23H27N7S2/c1-16-9-6-7-14-30(16)19-15-20(32-23-24-12-8-13-25-23)28-21(27-19)29-22(31)26-17(2)18-10-4-3-5-11-18/h3-5,8,10-13,15-17H,6-7,9,14H2,1-2H3,(H2,26,27,28,29,31)/t16-,17+/m0/s1. The van der Waals surface area contributed by atoms with Crippen LogP contribution < -0.4 is 15.5 Å². The maximum absolute atomic E-state index is 5.56. The van der Waals surface area contributed by atoms with Crippen molar-refractivity contribution < 1.29 is 0 Å². The van der Waals surface area contributed by atoms with Gasteiger partial charge < -0.3 is 15.5 Å². The molecule has 32 heavy (non-hydrogen) atoms. The first-order valence-electron chi connectivity index (χ1n) is 10.8. The molecule has 166 valence electrons. The molecule has 0 aliphatic carbocycles. The van der Waals surface area contributed by atoms with Gasteiger partial charge in [-0.25, -0.2) is 15.0 Å². The van der Waals surface area contributed by atoms with Crippen LogP contribution in [-0.4, -0.2) is 37.6 Å². The highest BCUT2D eigenvalue weighted by Crippen LogP contribution is 2.29. The molecule has 1 fully saturated rings. The number of nitrogens with one attached hydrogen (secondary N) is 2. The molecule has 1 aromatic carbocycles. The molecule has 0 amide bonds. The van der Waals surface area contributed by atoms with E-state index < -0.39 is 0 Å². The highest BCUT2D eigenvalue weighted by atomic mass is 32.2. The summed E-state index contributed by atoms with van der Waals surface area (Å²) in [4.78, 5) is 20.4. The second-order valence-electron chi connectivity index (χ2n) is 7.79. The summed E-state index contributed by atoms with van der Waals surface area (Å²) in [5.41, 5.74) is 1.16. The highest BCUT2D eigenvalue weighted by Gasteiger charge is 2.22. The number of rotatable bonds is 6. The van der Waals surface area contributed by atoms with Crippen LogP contribution in [0.3, 0.4) is 0 Å². The summed E-state index contributed by atoms with van der Waals surface area (Å²) < 4.78 is 0. The number of hydrogen-bond donors (Lipinski definition) is 2. The number of benzene rings is 1.